The smallest absolute Gasteiger partial charge is 0.338 e. The summed E-state index contributed by atoms with van der Waals surface area (Å²) in [5.74, 6) is -2.67. The van der Waals surface area contributed by atoms with Gasteiger partial charge in [-0.1, -0.05) is 17.7 Å². The third kappa shape index (κ3) is 6.27. The Hall–Kier alpha value is -4.77. The lowest BCUT2D eigenvalue weighted by molar-refractivity contribution is -0.136. The number of hydrogen-bond acceptors (Lipinski definition) is 11. The molecule has 2 atom stereocenters. The van der Waals surface area contributed by atoms with Gasteiger partial charge in [-0.3, -0.25) is 14.8 Å². The van der Waals surface area contributed by atoms with Crippen LogP contribution in [0.4, 0.5) is 18.7 Å². The topological polar surface area (TPSA) is 141 Å². The lowest BCUT2D eigenvalue weighted by Crippen LogP contribution is -2.53. The van der Waals surface area contributed by atoms with Crippen LogP contribution < -0.4 is 10.2 Å². The number of carboxylic acid groups (broad SMARTS) is 1. The number of anilines is 1. The molecule has 0 bridgehead atoms. The molecule has 0 unspecified atom stereocenters. The molecule has 0 aliphatic carbocycles. The first-order chi connectivity index (χ1) is 23.6. The second kappa shape index (κ2) is 13.3. The van der Waals surface area contributed by atoms with Gasteiger partial charge in [-0.15, -0.1) is 22.7 Å². The van der Waals surface area contributed by atoms with Crippen molar-refractivity contribution in [2.75, 3.05) is 44.7 Å². The van der Waals surface area contributed by atoms with Crippen LogP contribution in [0.1, 0.15) is 27.0 Å². The fraction of sp³-hybridized carbons (Fsp3) is 0.250. The first-order valence-corrected chi connectivity index (χ1v) is 17.0. The molecule has 12 nitrogen and oxygen atoms in total. The van der Waals surface area contributed by atoms with Crippen molar-refractivity contribution in [3.8, 4) is 11.3 Å². The quantitative estimate of drug-likeness (QED) is 0.239. The summed E-state index contributed by atoms with van der Waals surface area (Å²) in [4.78, 5) is 57.1. The number of nitrogens with one attached hydrogen (secondary N) is 1. The molecule has 0 spiro atoms. The van der Waals surface area contributed by atoms with Gasteiger partial charge in [0.25, 0.3) is 0 Å². The van der Waals surface area contributed by atoms with Gasteiger partial charge in [0, 0.05) is 65.0 Å². The molecule has 2 fully saturated rings. The van der Waals surface area contributed by atoms with Gasteiger partial charge < -0.3 is 20.1 Å². The van der Waals surface area contributed by atoms with Crippen LogP contribution >= 0.6 is 34.3 Å². The number of aromatic nitrogens is 2. The number of ether oxygens (including phenoxy) is 1. The molecule has 2 amide bonds. The fourth-order valence-corrected chi connectivity index (χ4v) is 7.82. The van der Waals surface area contributed by atoms with E-state index in [-0.39, 0.29) is 40.3 Å². The Morgan fingerprint density at radius 3 is 2.69 bits per heavy atom. The largest absolute Gasteiger partial charge is 0.478 e. The molecule has 252 valence electrons. The molecule has 4 aromatic rings. The number of piperazine rings is 1. The Balaban J connectivity index is 1.13. The minimum absolute atomic E-state index is 0.110. The van der Waals surface area contributed by atoms with Crippen LogP contribution in [0.2, 0.25) is 5.02 Å². The molecule has 0 saturated carbocycles. The molecule has 49 heavy (non-hydrogen) atoms. The standard InChI is InChI=1S/C32H26ClF2N7O5S2/c1-47-30(45)25-23(37-27(28-36-6-9-48-28)39-26(25)19-5-3-17(34)11-21(19)33)14-40-7-8-41-18(12-40)13-42(32(41)46)31-38-24(15-49-31)20-4-2-16(29(43)44)10-22(20)35/h2-6,9-11,15,18,26H,7-8,12-14H2,1H3,(H,37,39)(H,43,44)/t18-,26-/m0/s1. The summed E-state index contributed by atoms with van der Waals surface area (Å²) < 4.78 is 33.9. The monoisotopic (exact) mass is 725 g/mol. The molecule has 2 aromatic carbocycles. The van der Waals surface area contributed by atoms with Crippen LogP contribution in [0.5, 0.6) is 0 Å². The van der Waals surface area contributed by atoms with Gasteiger partial charge in [-0.05, 0) is 30.3 Å². The van der Waals surface area contributed by atoms with Gasteiger partial charge in [0.2, 0.25) is 0 Å². The highest BCUT2D eigenvalue weighted by Gasteiger charge is 2.43. The zero-order chi connectivity index (χ0) is 34.4. The predicted molar refractivity (Wildman–Crippen MR) is 179 cm³/mol. The van der Waals surface area contributed by atoms with E-state index >= 15 is 0 Å². The van der Waals surface area contributed by atoms with Crippen molar-refractivity contribution in [1.82, 2.24) is 25.1 Å². The van der Waals surface area contributed by atoms with E-state index in [4.69, 9.17) is 26.4 Å². The number of benzene rings is 2. The van der Waals surface area contributed by atoms with Gasteiger partial charge >= 0.3 is 18.0 Å². The molecular weight excluding hydrogens is 700 g/mol. The average molecular weight is 726 g/mol. The van der Waals surface area contributed by atoms with Crippen LogP contribution in [-0.4, -0.2) is 94.6 Å². The number of nitrogens with zero attached hydrogens (tertiary/aromatic N) is 6. The van der Waals surface area contributed by atoms with Gasteiger partial charge in [0.15, 0.2) is 16.0 Å². The van der Waals surface area contributed by atoms with E-state index in [9.17, 15) is 23.2 Å². The molecule has 5 heterocycles. The number of aliphatic imine (C=N–C) groups is 1. The van der Waals surface area contributed by atoms with E-state index in [1.165, 1.54) is 60.1 Å². The van der Waals surface area contributed by atoms with Crippen molar-refractivity contribution in [2.24, 2.45) is 4.99 Å². The number of carboxylic acids is 1. The third-order valence-corrected chi connectivity index (χ3v) is 10.4. The summed E-state index contributed by atoms with van der Waals surface area (Å²) in [5.41, 5.74) is 1.44. The number of halogens is 3. The van der Waals surface area contributed by atoms with Crippen molar-refractivity contribution in [3.05, 3.63) is 97.4 Å². The number of amidine groups is 1. The lowest BCUT2D eigenvalue weighted by atomic mass is 9.95. The van der Waals surface area contributed by atoms with Crippen molar-refractivity contribution < 1.29 is 33.0 Å². The number of hydrogen-bond donors (Lipinski definition) is 2. The summed E-state index contributed by atoms with van der Waals surface area (Å²) in [7, 11) is 1.28. The molecular formula is C32H26ClF2N7O5S2. The zero-order valence-corrected chi connectivity index (χ0v) is 28.0. The number of esters is 1. The number of carbonyl (C=O) groups excluding carboxylic acids is 2. The fourth-order valence-electron chi connectivity index (χ4n) is 6.13. The SMILES string of the molecule is COC(=O)C1=C(CN2CCN3C(=O)N(c4nc(-c5ccc(C(=O)O)cc5F)cs4)C[C@@H]3C2)NC(c2nccs2)=N[C@H]1c1ccc(F)cc1Cl. The molecule has 2 saturated heterocycles. The van der Waals surface area contributed by atoms with Crippen molar-refractivity contribution in [1.29, 1.82) is 0 Å². The molecule has 7 rings (SSSR count). The Bertz CT molecular complexity index is 2040. The predicted octanol–water partition coefficient (Wildman–Crippen LogP) is 5.04. The number of methoxy groups -OCH3 is 1. The van der Waals surface area contributed by atoms with Crippen LogP contribution in [0.25, 0.3) is 11.3 Å². The summed E-state index contributed by atoms with van der Waals surface area (Å²) in [6.45, 7) is 1.97. The highest BCUT2D eigenvalue weighted by molar-refractivity contribution is 7.14. The maximum Gasteiger partial charge on any atom is 0.338 e. The second-order valence-electron chi connectivity index (χ2n) is 11.4. The number of amides is 2. The minimum atomic E-state index is -1.24. The Morgan fingerprint density at radius 1 is 1.14 bits per heavy atom. The lowest BCUT2D eigenvalue weighted by Gasteiger charge is -2.38. The molecule has 17 heteroatoms. The van der Waals surface area contributed by atoms with Crippen LogP contribution in [-0.2, 0) is 9.53 Å². The number of aromatic carboxylic acids is 1. The van der Waals surface area contributed by atoms with Gasteiger partial charge in [0.1, 0.15) is 17.7 Å². The maximum atomic E-state index is 14.7. The Labute approximate surface area is 290 Å². The number of rotatable bonds is 8. The van der Waals surface area contributed by atoms with Crippen molar-refractivity contribution in [2.45, 2.75) is 12.1 Å². The highest BCUT2D eigenvalue weighted by atomic mass is 35.5. The van der Waals surface area contributed by atoms with E-state index in [2.05, 4.69) is 20.2 Å². The number of urea groups is 1. The molecule has 3 aliphatic rings. The second-order valence-corrected chi connectivity index (χ2v) is 13.5. The van der Waals surface area contributed by atoms with Crippen LogP contribution in [0.15, 0.2) is 69.6 Å². The van der Waals surface area contributed by atoms with Crippen molar-refractivity contribution in [3.63, 3.8) is 0 Å². The zero-order valence-electron chi connectivity index (χ0n) is 25.6. The van der Waals surface area contributed by atoms with Gasteiger partial charge in [-0.2, -0.15) is 0 Å². The van der Waals surface area contributed by atoms with Crippen LogP contribution in [0.3, 0.4) is 0 Å². The highest BCUT2D eigenvalue weighted by Crippen LogP contribution is 2.38. The van der Waals surface area contributed by atoms with E-state index in [0.29, 0.717) is 59.1 Å². The first-order valence-electron chi connectivity index (χ1n) is 14.9. The van der Waals surface area contributed by atoms with Crippen LogP contribution in [0, 0.1) is 11.6 Å². The van der Waals surface area contributed by atoms with Gasteiger partial charge in [0.05, 0.1) is 36.5 Å². The molecule has 0 radical (unpaired) electrons. The van der Waals surface area contributed by atoms with E-state index in [1.54, 1.807) is 26.8 Å². The first kappa shape index (κ1) is 32.8. The molecule has 3 aliphatic heterocycles. The van der Waals surface area contributed by atoms with E-state index in [1.807, 2.05) is 0 Å². The minimum Gasteiger partial charge on any atom is -0.478 e. The number of thiazole rings is 2. The van der Waals surface area contributed by atoms with Crippen molar-refractivity contribution >= 4 is 63.2 Å². The van der Waals surface area contributed by atoms with Gasteiger partial charge in [-0.25, -0.2) is 33.1 Å². The van der Waals surface area contributed by atoms with E-state index < -0.39 is 29.6 Å². The van der Waals surface area contributed by atoms with E-state index in [0.717, 1.165) is 6.07 Å². The molecule has 2 N–H and O–H groups in total. The number of fused-ring (bicyclic) bond motifs is 1. The Kier molecular flexibility index (Phi) is 8.87. The summed E-state index contributed by atoms with van der Waals surface area (Å²) >= 11 is 9.03. The summed E-state index contributed by atoms with van der Waals surface area (Å²) in [6, 6.07) is 6.21. The molecule has 2 aromatic heterocycles. The third-order valence-electron chi connectivity index (χ3n) is 8.46. The summed E-state index contributed by atoms with van der Waals surface area (Å²) in [6.07, 6.45) is 1.64. The maximum absolute atomic E-state index is 14.7. The number of carbonyl (C=O) groups is 3. The average Bonchev–Trinajstić information content (AvgIpc) is 3.85. The summed E-state index contributed by atoms with van der Waals surface area (Å²) in [5, 5.41) is 17.0. The normalized spacial score (nSPS) is 19.5. The Morgan fingerprint density at radius 2 is 1.98 bits per heavy atom.